The highest BCUT2D eigenvalue weighted by Gasteiger charge is 2.39. The fraction of sp³-hybridized carbons (Fsp3) is 0.381. The van der Waals surface area contributed by atoms with Crippen LogP contribution in [0.2, 0.25) is 0 Å². The van der Waals surface area contributed by atoms with Crippen LogP contribution in [0.15, 0.2) is 35.6 Å². The van der Waals surface area contributed by atoms with Gasteiger partial charge in [0.1, 0.15) is 11.6 Å². The number of aliphatic hydroxyl groups excluding tert-OH is 1. The summed E-state index contributed by atoms with van der Waals surface area (Å²) in [5, 5.41) is 29.1. The number of rotatable bonds is 6. The maximum absolute atomic E-state index is 12.8. The molecule has 1 heterocycles. The van der Waals surface area contributed by atoms with Gasteiger partial charge in [0.15, 0.2) is 0 Å². The maximum atomic E-state index is 12.8. The second-order valence-corrected chi connectivity index (χ2v) is 7.43. The Bertz CT molecular complexity index is 1020. The number of benzene rings is 1. The summed E-state index contributed by atoms with van der Waals surface area (Å²) in [4.78, 5) is 37.7. The molecular formula is C21H24F3N5O5. The molecule has 1 aliphatic heterocycles. The lowest BCUT2D eigenvalue weighted by Gasteiger charge is -2.36. The summed E-state index contributed by atoms with van der Waals surface area (Å²) >= 11 is 0. The largest absolute Gasteiger partial charge is 0.512 e. The zero-order valence-corrected chi connectivity index (χ0v) is 18.4. The van der Waals surface area contributed by atoms with Crippen LogP contribution in [0.25, 0.3) is 0 Å². The van der Waals surface area contributed by atoms with E-state index >= 15 is 0 Å². The number of nitrogens with zero attached hydrogens (tertiary/aromatic N) is 1. The Kier molecular flexibility index (Phi) is 8.51. The number of amides is 3. The van der Waals surface area contributed by atoms with Crippen LogP contribution in [0.5, 0.6) is 0 Å². The van der Waals surface area contributed by atoms with Gasteiger partial charge < -0.3 is 30.8 Å². The molecule has 184 valence electrons. The van der Waals surface area contributed by atoms with Crippen LogP contribution in [0.1, 0.15) is 29.8 Å². The fourth-order valence-corrected chi connectivity index (χ4v) is 3.18. The molecule has 34 heavy (non-hydrogen) atoms. The molecule has 13 heteroatoms. The van der Waals surface area contributed by atoms with E-state index in [4.69, 9.17) is 15.6 Å². The Morgan fingerprint density at radius 2 is 1.74 bits per heavy atom. The van der Waals surface area contributed by atoms with Crippen molar-refractivity contribution in [2.45, 2.75) is 26.1 Å². The molecule has 0 aromatic heterocycles. The minimum absolute atomic E-state index is 0.00140. The molecule has 0 saturated carbocycles. The van der Waals surface area contributed by atoms with Crippen molar-refractivity contribution in [2.24, 2.45) is 0 Å². The average molecular weight is 483 g/mol. The van der Waals surface area contributed by atoms with E-state index in [1.54, 1.807) is 0 Å². The maximum Gasteiger partial charge on any atom is 0.471 e. The normalized spacial score (nSPS) is 16.9. The number of nitrogens with one attached hydrogen (secondary N) is 4. The minimum Gasteiger partial charge on any atom is -0.512 e. The van der Waals surface area contributed by atoms with Crippen LogP contribution in [0, 0.1) is 10.8 Å². The molecule has 3 amide bonds. The highest BCUT2D eigenvalue weighted by atomic mass is 19.4. The van der Waals surface area contributed by atoms with Crippen molar-refractivity contribution in [3.8, 4) is 0 Å². The van der Waals surface area contributed by atoms with Crippen LogP contribution in [0.4, 0.5) is 13.2 Å². The summed E-state index contributed by atoms with van der Waals surface area (Å²) in [7, 11) is 0. The SMILES string of the molecule is CC(=N)/C(C(=O)N1CCOCC1CNC(=O)c1ccc(C(=N)NC(=O)C(F)(F)F)cc1)=C(/C)O. The average Bonchev–Trinajstić information content (AvgIpc) is 2.76. The van der Waals surface area contributed by atoms with E-state index in [0.29, 0.717) is 0 Å². The highest BCUT2D eigenvalue weighted by molar-refractivity contribution is 6.20. The number of aliphatic hydroxyl groups is 1. The summed E-state index contributed by atoms with van der Waals surface area (Å²) in [6, 6.07) is 4.40. The van der Waals surface area contributed by atoms with Crippen molar-refractivity contribution in [3.63, 3.8) is 0 Å². The van der Waals surface area contributed by atoms with Gasteiger partial charge in [-0.25, -0.2) is 0 Å². The summed E-state index contributed by atoms with van der Waals surface area (Å²) in [6.45, 7) is 3.25. The molecule has 1 unspecified atom stereocenters. The van der Waals surface area contributed by atoms with E-state index in [1.165, 1.54) is 48.3 Å². The predicted molar refractivity (Wildman–Crippen MR) is 115 cm³/mol. The first-order valence-electron chi connectivity index (χ1n) is 10.0. The van der Waals surface area contributed by atoms with E-state index < -0.39 is 35.8 Å². The fourth-order valence-electron chi connectivity index (χ4n) is 3.18. The zero-order valence-electron chi connectivity index (χ0n) is 18.4. The molecular weight excluding hydrogens is 459 g/mol. The summed E-state index contributed by atoms with van der Waals surface area (Å²) in [5.74, 6) is -4.44. The van der Waals surface area contributed by atoms with Gasteiger partial charge in [-0.1, -0.05) is 12.1 Å². The number of ether oxygens (including phenoxy) is 1. The topological polar surface area (TPSA) is 156 Å². The third kappa shape index (κ3) is 6.63. The molecule has 1 atom stereocenters. The number of halogens is 3. The van der Waals surface area contributed by atoms with Crippen molar-refractivity contribution in [3.05, 3.63) is 46.7 Å². The lowest BCUT2D eigenvalue weighted by molar-refractivity contribution is -0.171. The second kappa shape index (κ2) is 10.9. The van der Waals surface area contributed by atoms with Crippen molar-refractivity contribution < 1.29 is 37.4 Å². The molecule has 1 fully saturated rings. The van der Waals surface area contributed by atoms with Crippen LogP contribution in [-0.4, -0.2) is 77.8 Å². The molecule has 0 radical (unpaired) electrons. The van der Waals surface area contributed by atoms with Gasteiger partial charge in [-0.2, -0.15) is 13.2 Å². The van der Waals surface area contributed by atoms with Crippen molar-refractivity contribution in [1.82, 2.24) is 15.5 Å². The van der Waals surface area contributed by atoms with Gasteiger partial charge in [0.05, 0.1) is 24.8 Å². The van der Waals surface area contributed by atoms with Crippen LogP contribution >= 0.6 is 0 Å². The van der Waals surface area contributed by atoms with E-state index in [0.717, 1.165) is 0 Å². The molecule has 0 aliphatic carbocycles. The number of alkyl halides is 3. The number of amidine groups is 1. The molecule has 1 aromatic carbocycles. The Balaban J connectivity index is 2.03. The van der Waals surface area contributed by atoms with Gasteiger partial charge >= 0.3 is 12.1 Å². The molecule has 2 rings (SSSR count). The number of allylic oxidation sites excluding steroid dienone is 1. The number of morpholine rings is 1. The van der Waals surface area contributed by atoms with Crippen molar-refractivity contribution in [1.29, 1.82) is 10.8 Å². The van der Waals surface area contributed by atoms with E-state index in [2.05, 4.69) is 5.32 Å². The zero-order chi connectivity index (χ0) is 25.6. The first-order valence-corrected chi connectivity index (χ1v) is 10.0. The number of hydrogen-bond donors (Lipinski definition) is 5. The first-order chi connectivity index (χ1) is 15.8. The molecule has 1 aromatic rings. The lowest BCUT2D eigenvalue weighted by Crippen LogP contribution is -2.54. The van der Waals surface area contributed by atoms with Gasteiger partial charge in [0.2, 0.25) is 0 Å². The quantitative estimate of drug-likeness (QED) is 0.180. The third-order valence-corrected chi connectivity index (χ3v) is 4.87. The third-order valence-electron chi connectivity index (χ3n) is 4.87. The smallest absolute Gasteiger partial charge is 0.471 e. The van der Waals surface area contributed by atoms with E-state index in [-0.39, 0.29) is 54.5 Å². The predicted octanol–water partition coefficient (Wildman–Crippen LogP) is 1.52. The first kappa shape index (κ1) is 26.5. The number of carbonyl (C=O) groups is 3. The summed E-state index contributed by atoms with van der Waals surface area (Å²) < 4.78 is 42.3. The van der Waals surface area contributed by atoms with E-state index in [1.807, 2.05) is 0 Å². The van der Waals surface area contributed by atoms with Crippen LogP contribution < -0.4 is 10.6 Å². The van der Waals surface area contributed by atoms with Crippen LogP contribution in [-0.2, 0) is 14.3 Å². The molecule has 1 aliphatic rings. The molecule has 10 nitrogen and oxygen atoms in total. The molecule has 1 saturated heterocycles. The van der Waals surface area contributed by atoms with Crippen molar-refractivity contribution >= 4 is 29.3 Å². The Labute approximate surface area is 192 Å². The molecule has 5 N–H and O–H groups in total. The molecule has 0 bridgehead atoms. The number of carbonyl (C=O) groups excluding carboxylic acids is 3. The second-order valence-electron chi connectivity index (χ2n) is 7.43. The monoisotopic (exact) mass is 483 g/mol. The Morgan fingerprint density at radius 1 is 1.15 bits per heavy atom. The summed E-state index contributed by atoms with van der Waals surface area (Å²) in [5.41, 5.74) is -0.132. The van der Waals surface area contributed by atoms with Crippen LogP contribution in [0.3, 0.4) is 0 Å². The molecule has 0 spiro atoms. The summed E-state index contributed by atoms with van der Waals surface area (Å²) in [6.07, 6.45) is -5.13. The van der Waals surface area contributed by atoms with Gasteiger partial charge in [-0.15, -0.1) is 0 Å². The van der Waals surface area contributed by atoms with Crippen molar-refractivity contribution in [2.75, 3.05) is 26.3 Å². The highest BCUT2D eigenvalue weighted by Crippen LogP contribution is 2.16. The Hall–Kier alpha value is -3.74. The van der Waals surface area contributed by atoms with Gasteiger partial charge in [0.25, 0.3) is 11.8 Å². The Morgan fingerprint density at radius 3 is 2.26 bits per heavy atom. The van der Waals surface area contributed by atoms with Gasteiger partial charge in [-0.05, 0) is 26.0 Å². The van der Waals surface area contributed by atoms with Gasteiger partial charge in [-0.3, -0.25) is 19.8 Å². The van der Waals surface area contributed by atoms with Gasteiger partial charge in [0, 0.05) is 29.9 Å². The minimum atomic E-state index is -5.13. The lowest BCUT2D eigenvalue weighted by atomic mass is 10.1. The number of hydrogen-bond acceptors (Lipinski definition) is 7. The van der Waals surface area contributed by atoms with E-state index in [9.17, 15) is 32.7 Å². The standard InChI is InChI=1S/C21H24F3N5O5/c1-11(25)16(12(2)30)19(32)29-7-8-34-10-15(29)9-27-18(31)14-5-3-13(4-6-14)17(26)28-20(33)21(22,23)24/h3-6,15,25,30H,7-10H2,1-2H3,(H,27,31)(H2,26,28,33)/b16-12+,25-11?.